The van der Waals surface area contributed by atoms with Gasteiger partial charge in [0.05, 0.1) is 5.02 Å². The van der Waals surface area contributed by atoms with Crippen molar-refractivity contribution in [1.29, 1.82) is 0 Å². The van der Waals surface area contributed by atoms with Crippen LogP contribution in [0.5, 0.6) is 5.75 Å². The number of carbonyl (C=O) groups excluding carboxylic acids is 1. The molecule has 0 atom stereocenters. The highest BCUT2D eigenvalue weighted by Gasteiger charge is 2.08. The van der Waals surface area contributed by atoms with Crippen LogP contribution in [0.2, 0.25) is 10.0 Å². The van der Waals surface area contributed by atoms with Crippen molar-refractivity contribution in [3.63, 3.8) is 0 Å². The highest BCUT2D eigenvalue weighted by Crippen LogP contribution is 2.22. The second-order valence-corrected chi connectivity index (χ2v) is 6.52. The molecule has 26 heavy (non-hydrogen) atoms. The number of carbonyl (C=O) groups is 1. The monoisotopic (exact) mass is 386 g/mol. The number of allylic oxidation sites excluding steroid dienone is 1. The number of hydrogen-bond acceptors (Lipinski definition) is 3. The van der Waals surface area contributed by atoms with Gasteiger partial charge >= 0.3 is 0 Å². The summed E-state index contributed by atoms with van der Waals surface area (Å²) in [5, 5.41) is 0.804. The van der Waals surface area contributed by atoms with E-state index in [1.165, 1.54) is 12.1 Å². The van der Waals surface area contributed by atoms with Crippen LogP contribution in [0.1, 0.15) is 27.4 Å². The fourth-order valence-electron chi connectivity index (χ4n) is 2.37. The molecule has 0 aliphatic rings. The van der Waals surface area contributed by atoms with Crippen LogP contribution < -0.4 is 4.74 Å². The molecular weight excluding hydrogens is 371 g/mol. The molecule has 3 nitrogen and oxygen atoms in total. The van der Waals surface area contributed by atoms with Gasteiger partial charge in [-0.25, -0.2) is 0 Å². The standard InChI is InChI=1S/C21H16Cl2O3/c1-14-4-2-3-5-21(14)25-13-17-8-7-16(26-17)9-11-20(24)18-10-6-15(22)12-19(18)23/h2-12H,13H2,1H3/b11-9+. The number of benzene rings is 2. The Morgan fingerprint density at radius 2 is 1.92 bits per heavy atom. The normalized spacial score (nSPS) is 11.0. The third-order valence-corrected chi connectivity index (χ3v) is 4.29. The van der Waals surface area contributed by atoms with Gasteiger partial charge in [0.1, 0.15) is 23.9 Å². The summed E-state index contributed by atoms with van der Waals surface area (Å²) >= 11 is 11.9. The van der Waals surface area contributed by atoms with Crippen molar-refractivity contribution in [2.75, 3.05) is 0 Å². The molecule has 0 aliphatic carbocycles. The van der Waals surface area contributed by atoms with Crippen LogP contribution in [0.15, 0.2) is 65.1 Å². The molecule has 0 fully saturated rings. The van der Waals surface area contributed by atoms with Crippen molar-refractivity contribution in [3.05, 3.63) is 93.4 Å². The molecule has 0 radical (unpaired) electrons. The molecule has 132 valence electrons. The van der Waals surface area contributed by atoms with Crippen molar-refractivity contribution < 1.29 is 13.9 Å². The van der Waals surface area contributed by atoms with Gasteiger partial charge in [-0.1, -0.05) is 41.4 Å². The van der Waals surface area contributed by atoms with E-state index in [0.717, 1.165) is 11.3 Å². The minimum atomic E-state index is -0.222. The number of para-hydroxylation sites is 1. The SMILES string of the molecule is Cc1ccccc1OCc1ccc(/C=C/C(=O)c2ccc(Cl)cc2Cl)o1. The maximum atomic E-state index is 12.2. The first-order valence-corrected chi connectivity index (χ1v) is 8.73. The number of ketones is 1. The molecule has 0 saturated heterocycles. The smallest absolute Gasteiger partial charge is 0.187 e. The second kappa shape index (κ2) is 8.26. The molecule has 0 saturated carbocycles. The van der Waals surface area contributed by atoms with E-state index in [1.54, 1.807) is 24.3 Å². The van der Waals surface area contributed by atoms with E-state index < -0.39 is 0 Å². The molecule has 5 heteroatoms. The third kappa shape index (κ3) is 4.57. The van der Waals surface area contributed by atoms with Crippen LogP contribution in [-0.2, 0) is 6.61 Å². The first-order valence-electron chi connectivity index (χ1n) is 7.97. The van der Waals surface area contributed by atoms with E-state index in [2.05, 4.69) is 0 Å². The highest BCUT2D eigenvalue weighted by molar-refractivity contribution is 6.37. The molecular formula is C21H16Cl2O3. The largest absolute Gasteiger partial charge is 0.485 e. The molecule has 3 aromatic rings. The second-order valence-electron chi connectivity index (χ2n) is 5.68. The number of aryl methyl sites for hydroxylation is 1. The maximum absolute atomic E-state index is 12.2. The molecule has 0 amide bonds. The molecule has 0 aliphatic heterocycles. The van der Waals surface area contributed by atoms with Gasteiger partial charge in [-0.15, -0.1) is 0 Å². The fraction of sp³-hybridized carbons (Fsp3) is 0.0952. The zero-order chi connectivity index (χ0) is 18.5. The number of ether oxygens (including phenoxy) is 1. The molecule has 0 unspecified atom stereocenters. The summed E-state index contributed by atoms with van der Waals surface area (Å²) in [6, 6.07) is 16.1. The van der Waals surface area contributed by atoms with Gasteiger partial charge in [0, 0.05) is 10.6 Å². The Morgan fingerprint density at radius 1 is 1.12 bits per heavy atom. The molecule has 0 spiro atoms. The van der Waals surface area contributed by atoms with E-state index in [-0.39, 0.29) is 5.78 Å². The van der Waals surface area contributed by atoms with Crippen LogP contribution in [0, 0.1) is 6.92 Å². The molecule has 0 bridgehead atoms. The van der Waals surface area contributed by atoms with Gasteiger partial charge in [0.2, 0.25) is 0 Å². The molecule has 3 rings (SSSR count). The van der Waals surface area contributed by atoms with Crippen LogP contribution in [0.25, 0.3) is 6.08 Å². The summed E-state index contributed by atoms with van der Waals surface area (Å²) in [5.41, 5.74) is 1.45. The van der Waals surface area contributed by atoms with E-state index in [1.807, 2.05) is 37.3 Å². The summed E-state index contributed by atoms with van der Waals surface area (Å²) in [5.74, 6) is 1.83. The van der Waals surface area contributed by atoms with Crippen molar-refractivity contribution in [3.8, 4) is 5.75 Å². The topological polar surface area (TPSA) is 39.4 Å². The summed E-state index contributed by atoms with van der Waals surface area (Å²) in [6.45, 7) is 2.30. The Labute approximate surface area is 161 Å². The number of furan rings is 1. The van der Waals surface area contributed by atoms with Crippen LogP contribution in [-0.4, -0.2) is 5.78 Å². The minimum Gasteiger partial charge on any atom is -0.485 e. The summed E-state index contributed by atoms with van der Waals surface area (Å²) in [4.78, 5) is 12.2. The quantitative estimate of drug-likeness (QED) is 0.364. The van der Waals surface area contributed by atoms with Crippen LogP contribution in [0.4, 0.5) is 0 Å². The zero-order valence-electron chi connectivity index (χ0n) is 14.0. The molecule has 1 heterocycles. The van der Waals surface area contributed by atoms with Crippen molar-refractivity contribution in [2.24, 2.45) is 0 Å². The summed E-state index contributed by atoms with van der Waals surface area (Å²) in [6.07, 6.45) is 3.02. The maximum Gasteiger partial charge on any atom is 0.187 e. The first kappa shape index (κ1) is 18.3. The lowest BCUT2D eigenvalue weighted by Crippen LogP contribution is -1.95. The van der Waals surface area contributed by atoms with E-state index >= 15 is 0 Å². The molecule has 0 N–H and O–H groups in total. The van der Waals surface area contributed by atoms with Gasteiger partial charge < -0.3 is 9.15 Å². The zero-order valence-corrected chi connectivity index (χ0v) is 15.6. The van der Waals surface area contributed by atoms with Crippen LogP contribution >= 0.6 is 23.2 Å². The Bertz CT molecular complexity index is 957. The highest BCUT2D eigenvalue weighted by atomic mass is 35.5. The average Bonchev–Trinajstić information content (AvgIpc) is 3.07. The molecule has 1 aromatic heterocycles. The Balaban J connectivity index is 1.63. The van der Waals surface area contributed by atoms with Gasteiger partial charge in [-0.05, 0) is 61.0 Å². The third-order valence-electron chi connectivity index (χ3n) is 3.74. The summed E-state index contributed by atoms with van der Waals surface area (Å²) < 4.78 is 11.4. The van der Waals surface area contributed by atoms with E-state index in [4.69, 9.17) is 32.4 Å². The predicted molar refractivity (Wildman–Crippen MR) is 104 cm³/mol. The Kier molecular flexibility index (Phi) is 5.82. The van der Waals surface area contributed by atoms with Crippen LogP contribution in [0.3, 0.4) is 0 Å². The van der Waals surface area contributed by atoms with Crippen molar-refractivity contribution >= 4 is 35.1 Å². The van der Waals surface area contributed by atoms with Gasteiger partial charge in [-0.2, -0.15) is 0 Å². The number of hydrogen-bond donors (Lipinski definition) is 0. The van der Waals surface area contributed by atoms with Gasteiger partial charge in [0.25, 0.3) is 0 Å². The lowest BCUT2D eigenvalue weighted by molar-refractivity contribution is 0.104. The lowest BCUT2D eigenvalue weighted by atomic mass is 10.1. The van der Waals surface area contributed by atoms with Crippen molar-refractivity contribution in [2.45, 2.75) is 13.5 Å². The minimum absolute atomic E-state index is 0.222. The number of rotatable bonds is 6. The Hall–Kier alpha value is -2.49. The van der Waals surface area contributed by atoms with E-state index in [9.17, 15) is 4.79 Å². The van der Waals surface area contributed by atoms with E-state index in [0.29, 0.717) is 33.7 Å². The van der Waals surface area contributed by atoms with Gasteiger partial charge in [0.15, 0.2) is 5.78 Å². The summed E-state index contributed by atoms with van der Waals surface area (Å²) in [7, 11) is 0. The Morgan fingerprint density at radius 3 is 2.69 bits per heavy atom. The average molecular weight is 387 g/mol. The predicted octanol–water partition coefficient (Wildman–Crippen LogP) is 6.37. The molecule has 2 aromatic carbocycles. The first-order chi connectivity index (χ1) is 12.5. The number of halogens is 2. The fourth-order valence-corrected chi connectivity index (χ4v) is 2.87. The van der Waals surface area contributed by atoms with Gasteiger partial charge in [-0.3, -0.25) is 4.79 Å². The van der Waals surface area contributed by atoms with Crippen molar-refractivity contribution in [1.82, 2.24) is 0 Å². The lowest BCUT2D eigenvalue weighted by Gasteiger charge is -2.06.